The average Bonchev–Trinajstić information content (AvgIpc) is 2.58. The SMILES string of the molecule is O=C(Nc1ccc(Cl)cc1)C(=O)Nc1cccc2c(O)cccc12. The number of aromatic hydroxyl groups is 1. The van der Waals surface area contributed by atoms with Gasteiger partial charge in [0.25, 0.3) is 0 Å². The Morgan fingerprint density at radius 1 is 0.792 bits per heavy atom. The van der Waals surface area contributed by atoms with E-state index in [1.807, 2.05) is 0 Å². The predicted octanol–water partition coefficient (Wildman–Crippen LogP) is 3.78. The minimum atomic E-state index is -0.805. The molecule has 0 radical (unpaired) electrons. The molecule has 0 saturated carbocycles. The maximum absolute atomic E-state index is 12.1. The molecule has 120 valence electrons. The molecule has 0 atom stereocenters. The van der Waals surface area contributed by atoms with Gasteiger partial charge in [0.2, 0.25) is 0 Å². The van der Waals surface area contributed by atoms with Crippen molar-refractivity contribution >= 4 is 45.6 Å². The average molecular weight is 341 g/mol. The van der Waals surface area contributed by atoms with Gasteiger partial charge >= 0.3 is 11.8 Å². The molecular formula is C18H13ClN2O3. The minimum absolute atomic E-state index is 0.106. The standard InChI is InChI=1S/C18H13ClN2O3/c19-11-7-9-12(10-8-11)20-17(23)18(24)21-15-5-1-4-14-13(15)3-2-6-16(14)22/h1-10,22H,(H,20,23)(H,21,24). The summed E-state index contributed by atoms with van der Waals surface area (Å²) in [6.07, 6.45) is 0. The Morgan fingerprint density at radius 3 is 2.17 bits per heavy atom. The smallest absolute Gasteiger partial charge is 0.314 e. The second-order valence-corrected chi connectivity index (χ2v) is 5.53. The van der Waals surface area contributed by atoms with Crippen LogP contribution in [0.1, 0.15) is 0 Å². The molecule has 2 amide bonds. The Morgan fingerprint density at radius 2 is 1.42 bits per heavy atom. The lowest BCUT2D eigenvalue weighted by Crippen LogP contribution is -2.29. The van der Waals surface area contributed by atoms with Crippen LogP contribution >= 0.6 is 11.6 Å². The first-order valence-corrected chi connectivity index (χ1v) is 7.51. The van der Waals surface area contributed by atoms with Crippen molar-refractivity contribution in [2.75, 3.05) is 10.6 Å². The largest absolute Gasteiger partial charge is 0.507 e. The summed E-state index contributed by atoms with van der Waals surface area (Å²) >= 11 is 5.77. The molecule has 0 bridgehead atoms. The zero-order chi connectivity index (χ0) is 17.1. The highest BCUT2D eigenvalue weighted by Gasteiger charge is 2.15. The van der Waals surface area contributed by atoms with Crippen LogP contribution in [0.5, 0.6) is 5.75 Å². The first kappa shape index (κ1) is 15.8. The summed E-state index contributed by atoms with van der Waals surface area (Å²) in [5, 5.41) is 16.7. The van der Waals surface area contributed by atoms with Gasteiger partial charge in [-0.2, -0.15) is 0 Å². The fraction of sp³-hybridized carbons (Fsp3) is 0. The lowest BCUT2D eigenvalue weighted by molar-refractivity contribution is -0.132. The number of fused-ring (bicyclic) bond motifs is 1. The topological polar surface area (TPSA) is 78.4 Å². The number of carbonyl (C=O) groups excluding carboxylic acids is 2. The summed E-state index contributed by atoms with van der Waals surface area (Å²) in [6, 6.07) is 16.5. The van der Waals surface area contributed by atoms with Gasteiger partial charge in [0.15, 0.2) is 0 Å². The van der Waals surface area contributed by atoms with Crippen molar-refractivity contribution in [3.63, 3.8) is 0 Å². The third-order valence-electron chi connectivity index (χ3n) is 3.46. The Hall–Kier alpha value is -3.05. The number of anilines is 2. The molecule has 0 aliphatic rings. The number of hydrogen-bond donors (Lipinski definition) is 3. The van der Waals surface area contributed by atoms with Gasteiger partial charge < -0.3 is 15.7 Å². The molecule has 0 fully saturated rings. The molecule has 0 aliphatic heterocycles. The van der Waals surface area contributed by atoms with Crippen molar-refractivity contribution in [2.45, 2.75) is 0 Å². The molecule has 3 N–H and O–H groups in total. The van der Waals surface area contributed by atoms with Crippen molar-refractivity contribution < 1.29 is 14.7 Å². The highest BCUT2D eigenvalue weighted by molar-refractivity contribution is 6.44. The van der Waals surface area contributed by atoms with Gasteiger partial charge in [-0.3, -0.25) is 9.59 Å². The van der Waals surface area contributed by atoms with Crippen LogP contribution in [0.2, 0.25) is 5.02 Å². The van der Waals surface area contributed by atoms with E-state index in [0.29, 0.717) is 27.2 Å². The maximum atomic E-state index is 12.1. The van der Waals surface area contributed by atoms with Crippen LogP contribution in [-0.4, -0.2) is 16.9 Å². The van der Waals surface area contributed by atoms with E-state index < -0.39 is 11.8 Å². The van der Waals surface area contributed by atoms with Gasteiger partial charge in [-0.1, -0.05) is 35.9 Å². The number of carbonyl (C=O) groups is 2. The predicted molar refractivity (Wildman–Crippen MR) is 94.3 cm³/mol. The first-order chi connectivity index (χ1) is 11.5. The van der Waals surface area contributed by atoms with Crippen LogP contribution in [0.3, 0.4) is 0 Å². The second-order valence-electron chi connectivity index (χ2n) is 5.09. The molecule has 6 heteroatoms. The quantitative estimate of drug-likeness (QED) is 0.621. The Labute approximate surface area is 142 Å². The molecule has 0 heterocycles. The van der Waals surface area contributed by atoms with E-state index in [2.05, 4.69) is 10.6 Å². The molecule has 3 aromatic carbocycles. The molecule has 0 aliphatic carbocycles. The lowest BCUT2D eigenvalue weighted by atomic mass is 10.1. The van der Waals surface area contributed by atoms with Crippen LogP contribution < -0.4 is 10.6 Å². The number of benzene rings is 3. The molecular weight excluding hydrogens is 328 g/mol. The van der Waals surface area contributed by atoms with E-state index in [4.69, 9.17) is 11.6 Å². The summed E-state index contributed by atoms with van der Waals surface area (Å²) in [5.74, 6) is -1.50. The molecule has 0 spiro atoms. The highest BCUT2D eigenvalue weighted by atomic mass is 35.5. The number of halogens is 1. The molecule has 0 aromatic heterocycles. The van der Waals surface area contributed by atoms with E-state index in [0.717, 1.165) is 0 Å². The zero-order valence-corrected chi connectivity index (χ0v) is 13.2. The van der Waals surface area contributed by atoms with E-state index in [1.54, 1.807) is 60.7 Å². The maximum Gasteiger partial charge on any atom is 0.314 e. The molecule has 0 unspecified atom stereocenters. The lowest BCUT2D eigenvalue weighted by Gasteiger charge is -2.10. The monoisotopic (exact) mass is 340 g/mol. The summed E-state index contributed by atoms with van der Waals surface area (Å²) in [5.41, 5.74) is 0.912. The van der Waals surface area contributed by atoms with E-state index in [-0.39, 0.29) is 5.75 Å². The fourth-order valence-corrected chi connectivity index (χ4v) is 2.43. The number of amides is 2. The second kappa shape index (κ2) is 6.60. The Balaban J connectivity index is 1.78. The normalized spacial score (nSPS) is 10.4. The van der Waals surface area contributed by atoms with E-state index in [9.17, 15) is 14.7 Å². The van der Waals surface area contributed by atoms with Crippen molar-refractivity contribution in [1.82, 2.24) is 0 Å². The van der Waals surface area contributed by atoms with Gasteiger partial charge in [-0.25, -0.2) is 0 Å². The Kier molecular flexibility index (Phi) is 4.35. The van der Waals surface area contributed by atoms with Crippen LogP contribution in [0, 0.1) is 0 Å². The van der Waals surface area contributed by atoms with Crippen LogP contribution in [0.25, 0.3) is 10.8 Å². The summed E-state index contributed by atoms with van der Waals surface area (Å²) in [7, 11) is 0. The van der Waals surface area contributed by atoms with E-state index in [1.165, 1.54) is 0 Å². The van der Waals surface area contributed by atoms with Gasteiger partial charge in [0.05, 0.1) is 0 Å². The van der Waals surface area contributed by atoms with Crippen molar-refractivity contribution in [2.24, 2.45) is 0 Å². The third kappa shape index (κ3) is 3.31. The van der Waals surface area contributed by atoms with Crippen molar-refractivity contribution in [3.8, 4) is 5.75 Å². The fourth-order valence-electron chi connectivity index (χ4n) is 2.30. The van der Waals surface area contributed by atoms with E-state index >= 15 is 0 Å². The number of rotatable bonds is 2. The van der Waals surface area contributed by atoms with Gasteiger partial charge in [0.1, 0.15) is 5.75 Å². The summed E-state index contributed by atoms with van der Waals surface area (Å²) < 4.78 is 0. The summed E-state index contributed by atoms with van der Waals surface area (Å²) in [4.78, 5) is 24.1. The number of phenolic OH excluding ortho intramolecular Hbond substituents is 1. The van der Waals surface area contributed by atoms with Gasteiger partial charge in [0, 0.05) is 27.2 Å². The van der Waals surface area contributed by atoms with Gasteiger partial charge in [-0.15, -0.1) is 0 Å². The zero-order valence-electron chi connectivity index (χ0n) is 12.4. The first-order valence-electron chi connectivity index (χ1n) is 7.13. The minimum Gasteiger partial charge on any atom is -0.507 e. The number of phenols is 1. The van der Waals surface area contributed by atoms with Crippen LogP contribution in [0.15, 0.2) is 60.7 Å². The third-order valence-corrected chi connectivity index (χ3v) is 3.71. The van der Waals surface area contributed by atoms with Crippen LogP contribution in [-0.2, 0) is 9.59 Å². The van der Waals surface area contributed by atoms with Crippen molar-refractivity contribution in [1.29, 1.82) is 0 Å². The van der Waals surface area contributed by atoms with Gasteiger partial charge in [-0.05, 0) is 36.4 Å². The molecule has 24 heavy (non-hydrogen) atoms. The molecule has 5 nitrogen and oxygen atoms in total. The summed E-state index contributed by atoms with van der Waals surface area (Å²) in [6.45, 7) is 0. The Bertz CT molecular complexity index is 923. The number of nitrogens with one attached hydrogen (secondary N) is 2. The van der Waals surface area contributed by atoms with Crippen LogP contribution in [0.4, 0.5) is 11.4 Å². The molecule has 3 aromatic rings. The highest BCUT2D eigenvalue weighted by Crippen LogP contribution is 2.29. The van der Waals surface area contributed by atoms with Crippen molar-refractivity contribution in [3.05, 3.63) is 65.7 Å². The molecule has 3 rings (SSSR count). The number of hydrogen-bond acceptors (Lipinski definition) is 3. The molecule has 0 saturated heterocycles.